The highest BCUT2D eigenvalue weighted by Gasteiger charge is 2.22. The molecule has 0 saturated heterocycles. The summed E-state index contributed by atoms with van der Waals surface area (Å²) in [6, 6.07) is 59.9. The summed E-state index contributed by atoms with van der Waals surface area (Å²) in [5.41, 5.74) is 9.59. The van der Waals surface area contributed by atoms with Crippen LogP contribution in [0, 0.1) is 19.7 Å². The first-order chi connectivity index (χ1) is 45.6. The lowest BCUT2D eigenvalue weighted by molar-refractivity contribution is 0.0684. The van der Waals surface area contributed by atoms with Gasteiger partial charge in [0.25, 0.3) is 30.1 Å². The molecule has 0 atom stereocenters. The van der Waals surface area contributed by atoms with Crippen molar-refractivity contribution < 1.29 is 64.1 Å². The molecule has 0 aliphatic carbocycles. The third-order valence-corrected chi connectivity index (χ3v) is 20.1. The molecule has 0 fully saturated rings. The Morgan fingerprint density at radius 3 is 1.04 bits per heavy atom. The Morgan fingerprint density at radius 1 is 0.368 bits per heavy atom. The Balaban J connectivity index is 0.000000201. The van der Waals surface area contributed by atoms with E-state index >= 15 is 0 Å². The number of anilines is 3. The molecule has 9 rings (SSSR count). The second kappa shape index (κ2) is 35.6. The molecule has 6 N–H and O–H groups in total. The first-order valence-corrected chi connectivity index (χ1v) is 35.7. The molecule has 0 heterocycles. The van der Waals surface area contributed by atoms with E-state index in [1.54, 1.807) is 97.9 Å². The maximum Gasteiger partial charge on any atom is 0.335 e. The normalized spacial score (nSPS) is 11.2. The maximum atomic E-state index is 13.9. The predicted molar refractivity (Wildman–Crippen MR) is 371 cm³/mol. The van der Waals surface area contributed by atoms with Gasteiger partial charge in [-0.05, 0) is 209 Å². The molecular formula is C75H80FN3O13S3. The van der Waals surface area contributed by atoms with E-state index in [0.717, 1.165) is 121 Å². The second-order valence-corrected chi connectivity index (χ2v) is 27.7. The van der Waals surface area contributed by atoms with Crippen LogP contribution >= 0.6 is 0 Å². The van der Waals surface area contributed by atoms with Crippen LogP contribution in [-0.4, -0.2) is 65.6 Å². The van der Waals surface area contributed by atoms with Crippen LogP contribution in [0.1, 0.15) is 133 Å². The number of hydrogen-bond donors (Lipinski definition) is 6. The van der Waals surface area contributed by atoms with E-state index in [1.165, 1.54) is 37.4 Å². The first kappa shape index (κ1) is 72.8. The number of aryl methyl sites for hydroxylation is 8. The van der Waals surface area contributed by atoms with Gasteiger partial charge in [-0.3, -0.25) is 14.2 Å². The van der Waals surface area contributed by atoms with E-state index in [-0.39, 0.29) is 14.7 Å². The van der Waals surface area contributed by atoms with Crippen LogP contribution in [0.4, 0.5) is 21.5 Å². The number of hydrogen-bond acceptors (Lipinski definition) is 10. The Labute approximate surface area is 557 Å². The van der Waals surface area contributed by atoms with Gasteiger partial charge in [-0.25, -0.2) is 44.0 Å². The average Bonchev–Trinajstić information content (AvgIpc) is 0.837. The van der Waals surface area contributed by atoms with Crippen LogP contribution in [0.15, 0.2) is 227 Å². The van der Waals surface area contributed by atoms with Crippen molar-refractivity contribution in [1.82, 2.24) is 0 Å². The molecule has 0 aliphatic rings. The Bertz CT molecular complexity index is 4410. The number of rotatable bonds is 31. The van der Waals surface area contributed by atoms with E-state index in [0.29, 0.717) is 65.2 Å². The van der Waals surface area contributed by atoms with Gasteiger partial charge in [-0.15, -0.1) is 0 Å². The number of sulfonamides is 3. The summed E-state index contributed by atoms with van der Waals surface area (Å²) >= 11 is 0. The molecule has 0 aromatic heterocycles. The number of carbonyl (C=O) groups is 3. The Hall–Kier alpha value is -9.63. The minimum Gasteiger partial charge on any atom is -0.497 e. The summed E-state index contributed by atoms with van der Waals surface area (Å²) in [6.07, 6.45) is 12.0. The number of carboxylic acid groups (broad SMARTS) is 3. The van der Waals surface area contributed by atoms with Crippen LogP contribution in [0.3, 0.4) is 0 Å². The van der Waals surface area contributed by atoms with Gasteiger partial charge in [-0.1, -0.05) is 158 Å². The molecule has 0 amide bonds. The number of methoxy groups -OCH3 is 1. The molecule has 16 nitrogen and oxygen atoms in total. The zero-order valence-corrected chi connectivity index (χ0v) is 55.8. The third-order valence-electron chi connectivity index (χ3n) is 15.8. The highest BCUT2D eigenvalue weighted by Crippen LogP contribution is 2.28. The highest BCUT2D eigenvalue weighted by molar-refractivity contribution is 7.93. The minimum absolute atomic E-state index is 0.171. The van der Waals surface area contributed by atoms with Gasteiger partial charge in [0.05, 0.1) is 50.7 Å². The minimum atomic E-state index is -4.03. The number of nitrogens with one attached hydrogen (secondary N) is 3. The molecule has 0 unspecified atom stereocenters. The van der Waals surface area contributed by atoms with Gasteiger partial charge >= 0.3 is 17.9 Å². The Kier molecular flexibility index (Phi) is 27.3. The lowest BCUT2D eigenvalue weighted by Gasteiger charge is -2.14. The highest BCUT2D eigenvalue weighted by atomic mass is 32.2. The number of halogens is 1. The fraction of sp³-hybridized carbons (Fsp3) is 0.240. The predicted octanol–water partition coefficient (Wildman–Crippen LogP) is 16.2. The largest absolute Gasteiger partial charge is 0.497 e. The molecule has 0 saturated carbocycles. The number of carboxylic acids is 3. The molecule has 0 spiro atoms. The molecule has 20 heteroatoms. The van der Waals surface area contributed by atoms with Crippen molar-refractivity contribution in [2.45, 2.75) is 125 Å². The number of para-hydroxylation sites is 3. The van der Waals surface area contributed by atoms with E-state index in [9.17, 15) is 59.3 Å². The lowest BCUT2D eigenvalue weighted by Crippen LogP contribution is -2.15. The standard InChI is InChI=1S/C26H29NO4S.C25H27NO5S.C24H24FNO4S/c1-19-16-17-25(20(2)18-19)32(30,31)27-24-15-9-7-13-22(24)12-5-3-4-10-21-11-6-8-14-23(21)26(28)29;1-31-21-15-17-22(18-16-21)32(29,30)26-24-14-8-6-12-20(24)11-4-2-3-9-19-10-5-7-13-23(19)25(27)28;25-21-15-7-9-17-23(21)31(29,30)26-22-16-8-5-13-19(22)12-3-1-2-10-18-11-4-6-14-20(18)24(27)28/h6-9,11,13-18,27H,3-5,10,12H2,1-2H3,(H,28,29);5-8,10,12-18,26H,2-4,9,11H2,1H3,(H,27,28);4-9,11,13-17,26H,1-3,10,12H2,(H,27,28). The smallest absolute Gasteiger partial charge is 0.335 e. The van der Waals surface area contributed by atoms with E-state index in [2.05, 4.69) is 14.2 Å². The van der Waals surface area contributed by atoms with E-state index in [1.807, 2.05) is 91.9 Å². The molecule has 95 heavy (non-hydrogen) atoms. The van der Waals surface area contributed by atoms with Gasteiger partial charge in [-0.2, -0.15) is 0 Å². The fourth-order valence-electron chi connectivity index (χ4n) is 10.9. The van der Waals surface area contributed by atoms with Crippen molar-refractivity contribution in [3.05, 3.63) is 279 Å². The van der Waals surface area contributed by atoms with Gasteiger partial charge in [0.2, 0.25) is 0 Å². The van der Waals surface area contributed by atoms with Crippen LogP contribution in [-0.2, 0) is 68.6 Å². The number of ether oxygens (including phenoxy) is 1. The first-order valence-electron chi connectivity index (χ1n) is 31.3. The molecule has 0 aliphatic heterocycles. The molecule has 0 bridgehead atoms. The van der Waals surface area contributed by atoms with Crippen LogP contribution in [0.5, 0.6) is 5.75 Å². The summed E-state index contributed by atoms with van der Waals surface area (Å²) in [4.78, 5) is 34.0. The summed E-state index contributed by atoms with van der Waals surface area (Å²) in [5, 5.41) is 27.8. The third kappa shape index (κ3) is 22.0. The Morgan fingerprint density at radius 2 is 0.684 bits per heavy atom. The zero-order chi connectivity index (χ0) is 68.4. The van der Waals surface area contributed by atoms with Crippen molar-refractivity contribution in [1.29, 1.82) is 0 Å². The molecule has 9 aromatic rings. The van der Waals surface area contributed by atoms with Gasteiger partial charge in [0.15, 0.2) is 0 Å². The summed E-state index contributed by atoms with van der Waals surface area (Å²) in [6.45, 7) is 3.74. The molecule has 9 aromatic carbocycles. The summed E-state index contributed by atoms with van der Waals surface area (Å²) in [5.74, 6) is -2.93. The zero-order valence-electron chi connectivity index (χ0n) is 53.3. The van der Waals surface area contributed by atoms with Gasteiger partial charge in [0, 0.05) is 0 Å². The SMILES string of the molecule is COc1ccc(S(=O)(=O)Nc2ccccc2CCCCCc2ccccc2C(=O)O)cc1.Cc1ccc(S(=O)(=O)Nc2ccccc2CCCCCc2ccccc2C(=O)O)c(C)c1.O=C(O)c1ccccc1CCCCCc1ccccc1NS(=O)(=O)c1ccccc1F. The monoisotopic (exact) mass is 1350 g/mol. The molecule has 498 valence electrons. The van der Waals surface area contributed by atoms with Crippen molar-refractivity contribution in [3.63, 3.8) is 0 Å². The average molecular weight is 1350 g/mol. The van der Waals surface area contributed by atoms with Gasteiger partial charge in [0.1, 0.15) is 16.5 Å². The topological polar surface area (TPSA) is 260 Å². The quantitative estimate of drug-likeness (QED) is 0.0221. The van der Waals surface area contributed by atoms with Crippen LogP contribution in [0.2, 0.25) is 0 Å². The molecule has 0 radical (unpaired) electrons. The summed E-state index contributed by atoms with van der Waals surface area (Å²) in [7, 11) is -9.88. The van der Waals surface area contributed by atoms with Crippen molar-refractivity contribution >= 4 is 65.0 Å². The van der Waals surface area contributed by atoms with Crippen molar-refractivity contribution in [2.75, 3.05) is 21.3 Å². The molecular weight excluding hydrogens is 1270 g/mol. The van der Waals surface area contributed by atoms with Crippen molar-refractivity contribution in [2.24, 2.45) is 0 Å². The maximum absolute atomic E-state index is 13.9. The van der Waals surface area contributed by atoms with Crippen molar-refractivity contribution in [3.8, 4) is 5.75 Å². The number of benzene rings is 9. The van der Waals surface area contributed by atoms with Crippen LogP contribution in [0.25, 0.3) is 0 Å². The van der Waals surface area contributed by atoms with Crippen LogP contribution < -0.4 is 18.9 Å². The van der Waals surface area contributed by atoms with E-state index < -0.39 is 53.8 Å². The lowest BCUT2D eigenvalue weighted by atomic mass is 9.99. The number of unbranched alkanes of at least 4 members (excludes halogenated alkanes) is 6. The van der Waals surface area contributed by atoms with Gasteiger partial charge < -0.3 is 20.1 Å². The fourth-order valence-corrected chi connectivity index (χ4v) is 14.5. The second-order valence-electron chi connectivity index (χ2n) is 22.7. The summed E-state index contributed by atoms with van der Waals surface area (Å²) < 4.78 is 104. The van der Waals surface area contributed by atoms with E-state index in [4.69, 9.17) is 4.74 Å². The number of aromatic carboxylic acids is 3.